The molecule has 90 valence electrons. The highest BCUT2D eigenvalue weighted by Crippen LogP contribution is 2.43. The van der Waals surface area contributed by atoms with E-state index in [1.165, 1.54) is 12.8 Å². The average Bonchev–Trinajstić information content (AvgIpc) is 2.93. The Morgan fingerprint density at radius 1 is 1.44 bits per heavy atom. The first kappa shape index (κ1) is 11.3. The Bertz CT molecular complexity index is 321. The highest BCUT2D eigenvalue weighted by atomic mass is 16.2. The molecule has 0 radical (unpaired) electrons. The second-order valence-corrected chi connectivity index (χ2v) is 4.94. The maximum absolute atomic E-state index is 11.5. The largest absolute Gasteiger partial charge is 0.351 e. The Balaban J connectivity index is 1.82. The molecular formula is C10H18N4O2. The Morgan fingerprint density at radius 3 is 2.44 bits per heavy atom. The van der Waals surface area contributed by atoms with Crippen molar-refractivity contribution in [2.45, 2.75) is 31.3 Å². The molecule has 6 heteroatoms. The van der Waals surface area contributed by atoms with Gasteiger partial charge in [0.1, 0.15) is 0 Å². The summed E-state index contributed by atoms with van der Waals surface area (Å²) in [7, 11) is 0. The molecule has 1 aliphatic heterocycles. The van der Waals surface area contributed by atoms with E-state index in [1.54, 1.807) is 6.92 Å². The number of carbonyl (C=O) groups is 2. The number of imide groups is 1. The molecule has 1 saturated heterocycles. The van der Waals surface area contributed by atoms with Gasteiger partial charge in [0.15, 0.2) is 0 Å². The summed E-state index contributed by atoms with van der Waals surface area (Å²) in [6.45, 7) is 3.21. The molecule has 1 saturated carbocycles. The number of nitrogens with zero attached hydrogens (tertiary/aromatic N) is 1. The number of likely N-dealkylation sites (tertiary alicyclic amines) is 1. The maximum Gasteiger partial charge on any atom is 0.318 e. The van der Waals surface area contributed by atoms with Crippen LogP contribution in [0.5, 0.6) is 0 Å². The number of nitrogens with two attached hydrogens (primary N) is 2. The van der Waals surface area contributed by atoms with Crippen molar-refractivity contribution in [2.75, 3.05) is 13.1 Å². The van der Waals surface area contributed by atoms with Crippen LogP contribution in [0.4, 0.5) is 4.79 Å². The van der Waals surface area contributed by atoms with Crippen LogP contribution in [-0.2, 0) is 4.79 Å². The first-order valence-electron chi connectivity index (χ1n) is 5.55. The van der Waals surface area contributed by atoms with Crippen LogP contribution < -0.4 is 16.8 Å². The first-order valence-corrected chi connectivity index (χ1v) is 5.55. The molecule has 6 nitrogen and oxygen atoms in total. The van der Waals surface area contributed by atoms with Crippen LogP contribution in [-0.4, -0.2) is 41.5 Å². The quantitative estimate of drug-likeness (QED) is 0.574. The van der Waals surface area contributed by atoms with Gasteiger partial charge in [-0.15, -0.1) is 0 Å². The topological polar surface area (TPSA) is 101 Å². The van der Waals surface area contributed by atoms with Gasteiger partial charge in [-0.3, -0.25) is 15.0 Å². The predicted octanol–water partition coefficient (Wildman–Crippen LogP) is -1.01. The summed E-state index contributed by atoms with van der Waals surface area (Å²) in [5.41, 5.74) is 11.0. The van der Waals surface area contributed by atoms with Gasteiger partial charge in [-0.1, -0.05) is 0 Å². The lowest BCUT2D eigenvalue weighted by atomic mass is 9.84. The Morgan fingerprint density at radius 2 is 2.00 bits per heavy atom. The van der Waals surface area contributed by atoms with Crippen molar-refractivity contribution in [1.82, 2.24) is 10.2 Å². The van der Waals surface area contributed by atoms with Gasteiger partial charge in [0.25, 0.3) is 0 Å². The second kappa shape index (κ2) is 3.71. The van der Waals surface area contributed by atoms with Gasteiger partial charge < -0.3 is 11.5 Å². The molecule has 0 aromatic carbocycles. The predicted molar refractivity (Wildman–Crippen MR) is 58.4 cm³/mol. The molecule has 0 spiro atoms. The van der Waals surface area contributed by atoms with E-state index >= 15 is 0 Å². The van der Waals surface area contributed by atoms with Crippen LogP contribution in [0.25, 0.3) is 0 Å². The van der Waals surface area contributed by atoms with Crippen LogP contribution in [0.1, 0.15) is 19.8 Å². The molecule has 0 bridgehead atoms. The van der Waals surface area contributed by atoms with Gasteiger partial charge in [0, 0.05) is 18.6 Å². The number of amides is 3. The van der Waals surface area contributed by atoms with Crippen LogP contribution in [0.3, 0.4) is 0 Å². The molecule has 16 heavy (non-hydrogen) atoms. The van der Waals surface area contributed by atoms with E-state index in [-0.39, 0.29) is 17.5 Å². The monoisotopic (exact) mass is 226 g/mol. The summed E-state index contributed by atoms with van der Waals surface area (Å²) < 4.78 is 0. The Kier molecular flexibility index (Phi) is 2.63. The molecule has 0 aromatic rings. The van der Waals surface area contributed by atoms with E-state index < -0.39 is 6.03 Å². The van der Waals surface area contributed by atoms with Crippen molar-refractivity contribution in [2.24, 2.45) is 17.4 Å². The molecule has 3 amide bonds. The lowest BCUT2D eigenvalue weighted by Crippen LogP contribution is -2.72. The number of carbonyl (C=O) groups excluding carboxylic acids is 2. The molecule has 1 aliphatic carbocycles. The standard InChI is InChI=1S/C10H18N4O2/c1-6(8(15)13-9(11)16)14-4-10(12,5-14)7-2-3-7/h6-7H,2-5,12H2,1H3,(H3,11,13,15,16). The number of nitrogens with one attached hydrogen (secondary N) is 1. The Labute approximate surface area is 94.3 Å². The highest BCUT2D eigenvalue weighted by molar-refractivity contribution is 5.96. The lowest BCUT2D eigenvalue weighted by Gasteiger charge is -2.50. The van der Waals surface area contributed by atoms with Crippen LogP contribution in [0.15, 0.2) is 0 Å². The van der Waals surface area contributed by atoms with Crippen molar-refractivity contribution >= 4 is 11.9 Å². The zero-order valence-electron chi connectivity index (χ0n) is 9.40. The average molecular weight is 226 g/mol. The summed E-state index contributed by atoms with van der Waals surface area (Å²) in [5.74, 6) is 0.264. The third-order valence-corrected chi connectivity index (χ3v) is 3.56. The molecule has 2 fully saturated rings. The summed E-state index contributed by atoms with van der Waals surface area (Å²) in [4.78, 5) is 24.0. The minimum absolute atomic E-state index is 0.110. The van der Waals surface area contributed by atoms with Gasteiger partial charge >= 0.3 is 6.03 Å². The van der Waals surface area contributed by atoms with Crippen molar-refractivity contribution in [3.8, 4) is 0 Å². The zero-order chi connectivity index (χ0) is 11.9. The number of hydrogen-bond donors (Lipinski definition) is 3. The van der Waals surface area contributed by atoms with E-state index in [2.05, 4.69) is 5.32 Å². The van der Waals surface area contributed by atoms with E-state index in [1.807, 2.05) is 4.90 Å². The van der Waals surface area contributed by atoms with E-state index in [0.717, 1.165) is 13.1 Å². The summed E-state index contributed by atoms with van der Waals surface area (Å²) in [6, 6.07) is -1.15. The number of hydrogen-bond acceptors (Lipinski definition) is 4. The molecule has 2 aliphatic rings. The van der Waals surface area contributed by atoms with Gasteiger partial charge in [-0.25, -0.2) is 4.79 Å². The lowest BCUT2D eigenvalue weighted by molar-refractivity contribution is -0.128. The fourth-order valence-corrected chi connectivity index (χ4v) is 2.29. The van der Waals surface area contributed by atoms with Gasteiger partial charge in [0.05, 0.1) is 6.04 Å². The van der Waals surface area contributed by atoms with Gasteiger partial charge in [-0.2, -0.15) is 0 Å². The molecule has 0 aromatic heterocycles. The Hall–Kier alpha value is -1.14. The maximum atomic E-state index is 11.5. The number of rotatable bonds is 3. The second-order valence-electron chi connectivity index (χ2n) is 4.94. The minimum atomic E-state index is -0.807. The summed E-state index contributed by atoms with van der Waals surface area (Å²) >= 11 is 0. The summed E-state index contributed by atoms with van der Waals surface area (Å²) in [6.07, 6.45) is 2.40. The zero-order valence-corrected chi connectivity index (χ0v) is 9.40. The molecule has 2 rings (SSSR count). The van der Waals surface area contributed by atoms with Crippen molar-refractivity contribution in [3.63, 3.8) is 0 Å². The van der Waals surface area contributed by atoms with Gasteiger partial charge in [0.2, 0.25) is 5.91 Å². The highest BCUT2D eigenvalue weighted by Gasteiger charge is 2.51. The normalized spacial score (nSPS) is 25.6. The third-order valence-electron chi connectivity index (χ3n) is 3.56. The molecule has 5 N–H and O–H groups in total. The number of primary amides is 1. The van der Waals surface area contributed by atoms with E-state index in [0.29, 0.717) is 5.92 Å². The molecule has 1 unspecified atom stereocenters. The van der Waals surface area contributed by atoms with Crippen LogP contribution in [0.2, 0.25) is 0 Å². The molecular weight excluding hydrogens is 208 g/mol. The van der Waals surface area contributed by atoms with E-state index in [4.69, 9.17) is 11.5 Å². The van der Waals surface area contributed by atoms with Crippen LogP contribution >= 0.6 is 0 Å². The third kappa shape index (κ3) is 2.03. The van der Waals surface area contributed by atoms with Crippen LogP contribution in [0, 0.1) is 5.92 Å². The number of urea groups is 1. The molecule has 1 heterocycles. The summed E-state index contributed by atoms with van der Waals surface area (Å²) in [5, 5.41) is 2.08. The van der Waals surface area contributed by atoms with Gasteiger partial charge in [-0.05, 0) is 25.7 Å². The minimum Gasteiger partial charge on any atom is -0.351 e. The molecule has 1 atom stereocenters. The first-order chi connectivity index (χ1) is 7.42. The smallest absolute Gasteiger partial charge is 0.318 e. The SMILES string of the molecule is CC(C(=O)NC(N)=O)N1CC(N)(C2CC2)C1. The van der Waals surface area contributed by atoms with Crippen molar-refractivity contribution in [3.05, 3.63) is 0 Å². The van der Waals surface area contributed by atoms with E-state index in [9.17, 15) is 9.59 Å². The van der Waals surface area contributed by atoms with Crippen molar-refractivity contribution < 1.29 is 9.59 Å². The fraction of sp³-hybridized carbons (Fsp3) is 0.800. The van der Waals surface area contributed by atoms with Crippen molar-refractivity contribution in [1.29, 1.82) is 0 Å². The fourth-order valence-electron chi connectivity index (χ4n) is 2.29.